The third-order valence-corrected chi connectivity index (χ3v) is 5.57. The van der Waals surface area contributed by atoms with E-state index in [0.29, 0.717) is 5.41 Å². The van der Waals surface area contributed by atoms with Gasteiger partial charge < -0.3 is 0 Å². The van der Waals surface area contributed by atoms with Crippen LogP contribution < -0.4 is 0 Å². The molecule has 82 valence electrons. The Kier molecular flexibility index (Phi) is 1.80. The quantitative estimate of drug-likeness (QED) is 0.559. The molecule has 3 aliphatic rings. The van der Waals surface area contributed by atoms with Crippen LogP contribution in [0.2, 0.25) is 0 Å². The van der Waals surface area contributed by atoms with E-state index in [1.807, 2.05) is 0 Å². The van der Waals surface area contributed by atoms with E-state index < -0.39 is 0 Å². The standard InChI is InChI=1S/C15H22/c1-9(2)12-6-5-11(4)15-8-7-10(3)13(15)14(12)15/h5,10,12-14H,1,6-8H2,2-4H3/t10-,12+,13+,14-,15-/m1/s1. The Morgan fingerprint density at radius 2 is 2.20 bits per heavy atom. The molecule has 2 fully saturated rings. The fourth-order valence-corrected chi connectivity index (χ4v) is 4.82. The van der Waals surface area contributed by atoms with Gasteiger partial charge in [0.25, 0.3) is 0 Å². The van der Waals surface area contributed by atoms with Gasteiger partial charge in [-0.1, -0.05) is 30.7 Å². The second kappa shape index (κ2) is 2.78. The highest BCUT2D eigenvalue weighted by atomic mass is 14.8. The van der Waals surface area contributed by atoms with Crippen molar-refractivity contribution < 1.29 is 0 Å². The molecule has 0 heteroatoms. The molecule has 0 unspecified atom stereocenters. The smallest absolute Gasteiger partial charge is 0.00197 e. The normalized spacial score (nSPS) is 51.8. The molecule has 0 nitrogen and oxygen atoms in total. The summed E-state index contributed by atoms with van der Waals surface area (Å²) in [5, 5.41) is 0. The Balaban J connectivity index is 1.99. The van der Waals surface area contributed by atoms with Gasteiger partial charge in [-0.25, -0.2) is 0 Å². The maximum absolute atomic E-state index is 4.20. The molecule has 0 aromatic heterocycles. The predicted octanol–water partition coefficient (Wildman–Crippen LogP) is 4.19. The summed E-state index contributed by atoms with van der Waals surface area (Å²) in [4.78, 5) is 0. The van der Waals surface area contributed by atoms with Gasteiger partial charge in [-0.15, -0.1) is 0 Å². The van der Waals surface area contributed by atoms with E-state index in [2.05, 4.69) is 33.4 Å². The van der Waals surface area contributed by atoms with Crippen molar-refractivity contribution in [3.8, 4) is 0 Å². The molecule has 0 aromatic carbocycles. The molecular formula is C15H22. The van der Waals surface area contributed by atoms with Crippen LogP contribution in [-0.2, 0) is 0 Å². The van der Waals surface area contributed by atoms with E-state index in [9.17, 15) is 0 Å². The SMILES string of the molecule is C=C(C)[C@@H]1CC=C(C)[C@]23CC[C@@H](C)[C@H]2[C@@H]13. The van der Waals surface area contributed by atoms with Gasteiger partial charge in [0, 0.05) is 0 Å². The summed E-state index contributed by atoms with van der Waals surface area (Å²) in [6.45, 7) is 11.3. The third kappa shape index (κ3) is 0.984. The lowest BCUT2D eigenvalue weighted by Crippen LogP contribution is -2.18. The van der Waals surface area contributed by atoms with Gasteiger partial charge >= 0.3 is 0 Å². The summed E-state index contributed by atoms with van der Waals surface area (Å²) in [6.07, 6.45) is 6.68. The first-order valence-corrected chi connectivity index (χ1v) is 6.41. The average Bonchev–Trinajstić information content (AvgIpc) is 2.75. The number of allylic oxidation sites excluding steroid dienone is 3. The van der Waals surface area contributed by atoms with E-state index in [-0.39, 0.29) is 0 Å². The summed E-state index contributed by atoms with van der Waals surface area (Å²) in [5.41, 5.74) is 3.77. The molecule has 3 aliphatic carbocycles. The topological polar surface area (TPSA) is 0 Å². The summed E-state index contributed by atoms with van der Waals surface area (Å²) >= 11 is 0. The maximum atomic E-state index is 4.20. The van der Waals surface area contributed by atoms with Crippen molar-refractivity contribution in [1.82, 2.24) is 0 Å². The zero-order valence-electron chi connectivity index (χ0n) is 10.2. The zero-order valence-corrected chi connectivity index (χ0v) is 10.2. The molecule has 0 aromatic rings. The Hall–Kier alpha value is -0.520. The van der Waals surface area contributed by atoms with E-state index in [4.69, 9.17) is 0 Å². The lowest BCUT2D eigenvalue weighted by atomic mass is 9.77. The number of fused-ring (bicyclic) bond motifs is 1. The van der Waals surface area contributed by atoms with Crippen molar-refractivity contribution in [3.63, 3.8) is 0 Å². The molecule has 15 heavy (non-hydrogen) atoms. The van der Waals surface area contributed by atoms with Crippen LogP contribution in [0.15, 0.2) is 23.8 Å². The fraction of sp³-hybridized carbons (Fsp3) is 0.733. The van der Waals surface area contributed by atoms with E-state index in [1.54, 1.807) is 5.57 Å². The molecule has 5 atom stereocenters. The second-order valence-corrected chi connectivity index (χ2v) is 6.18. The number of hydrogen-bond acceptors (Lipinski definition) is 0. The first-order valence-electron chi connectivity index (χ1n) is 6.41. The first kappa shape index (κ1) is 9.69. The summed E-state index contributed by atoms with van der Waals surface area (Å²) < 4.78 is 0. The molecule has 0 saturated heterocycles. The molecule has 3 rings (SSSR count). The third-order valence-electron chi connectivity index (χ3n) is 5.57. The highest BCUT2D eigenvalue weighted by Gasteiger charge is 2.72. The van der Waals surface area contributed by atoms with Crippen molar-refractivity contribution in [2.75, 3.05) is 0 Å². The predicted molar refractivity (Wildman–Crippen MR) is 64.5 cm³/mol. The van der Waals surface area contributed by atoms with Gasteiger partial charge in [0.15, 0.2) is 0 Å². The Labute approximate surface area is 93.5 Å². The molecule has 0 N–H and O–H groups in total. The largest absolute Gasteiger partial charge is 0.0998 e. The van der Waals surface area contributed by atoms with E-state index in [1.165, 1.54) is 24.8 Å². The van der Waals surface area contributed by atoms with Crippen LogP contribution in [0, 0.1) is 29.1 Å². The first-order chi connectivity index (χ1) is 7.09. The van der Waals surface area contributed by atoms with Crippen molar-refractivity contribution in [2.24, 2.45) is 29.1 Å². The van der Waals surface area contributed by atoms with Gasteiger partial charge in [0.2, 0.25) is 0 Å². The van der Waals surface area contributed by atoms with E-state index >= 15 is 0 Å². The Morgan fingerprint density at radius 3 is 2.87 bits per heavy atom. The van der Waals surface area contributed by atoms with Crippen molar-refractivity contribution in [1.29, 1.82) is 0 Å². The minimum Gasteiger partial charge on any atom is -0.0998 e. The van der Waals surface area contributed by atoms with Gasteiger partial charge in [-0.3, -0.25) is 0 Å². The van der Waals surface area contributed by atoms with Crippen molar-refractivity contribution in [3.05, 3.63) is 23.8 Å². The van der Waals surface area contributed by atoms with Crippen LogP contribution >= 0.6 is 0 Å². The summed E-state index contributed by atoms with van der Waals surface area (Å²) in [7, 11) is 0. The minimum atomic E-state index is 0.640. The molecule has 0 heterocycles. The number of hydrogen-bond donors (Lipinski definition) is 0. The molecule has 2 saturated carbocycles. The van der Waals surface area contributed by atoms with Crippen molar-refractivity contribution in [2.45, 2.75) is 40.0 Å². The summed E-state index contributed by atoms with van der Waals surface area (Å²) in [5.74, 6) is 3.71. The highest BCUT2D eigenvalue weighted by molar-refractivity contribution is 5.37. The average molecular weight is 202 g/mol. The van der Waals surface area contributed by atoms with E-state index in [0.717, 1.165) is 23.7 Å². The highest BCUT2D eigenvalue weighted by Crippen LogP contribution is 2.78. The number of rotatable bonds is 1. The second-order valence-electron chi connectivity index (χ2n) is 6.18. The Morgan fingerprint density at radius 1 is 1.47 bits per heavy atom. The fourth-order valence-electron chi connectivity index (χ4n) is 4.82. The lowest BCUT2D eigenvalue weighted by molar-refractivity contribution is 0.358. The van der Waals surface area contributed by atoms with Crippen LogP contribution in [-0.4, -0.2) is 0 Å². The monoisotopic (exact) mass is 202 g/mol. The molecule has 0 bridgehead atoms. The maximum Gasteiger partial charge on any atom is -0.00197 e. The van der Waals surface area contributed by atoms with Crippen LogP contribution in [0.3, 0.4) is 0 Å². The van der Waals surface area contributed by atoms with Gasteiger partial charge in [-0.2, -0.15) is 0 Å². The van der Waals surface area contributed by atoms with Crippen LogP contribution in [0.25, 0.3) is 0 Å². The molecular weight excluding hydrogens is 180 g/mol. The van der Waals surface area contributed by atoms with Crippen molar-refractivity contribution >= 4 is 0 Å². The molecule has 0 aliphatic heterocycles. The van der Waals surface area contributed by atoms with Crippen LogP contribution in [0.1, 0.15) is 40.0 Å². The lowest BCUT2D eigenvalue weighted by Gasteiger charge is -2.28. The van der Waals surface area contributed by atoms with Gasteiger partial charge in [-0.05, 0) is 62.2 Å². The molecule has 1 spiro atoms. The van der Waals surface area contributed by atoms with Crippen LogP contribution in [0.4, 0.5) is 0 Å². The van der Waals surface area contributed by atoms with Crippen LogP contribution in [0.5, 0.6) is 0 Å². The zero-order chi connectivity index (χ0) is 10.8. The van der Waals surface area contributed by atoms with Gasteiger partial charge in [0.1, 0.15) is 0 Å². The summed E-state index contributed by atoms with van der Waals surface area (Å²) in [6, 6.07) is 0. The van der Waals surface area contributed by atoms with Gasteiger partial charge in [0.05, 0.1) is 0 Å². The Bertz CT molecular complexity index is 349. The minimum absolute atomic E-state index is 0.640. The molecule has 0 amide bonds. The molecule has 0 radical (unpaired) electrons.